The fourth-order valence-electron chi connectivity index (χ4n) is 2.62. The Balaban J connectivity index is 2.13. The van der Waals surface area contributed by atoms with E-state index in [9.17, 15) is 18.4 Å². The fourth-order valence-corrected chi connectivity index (χ4v) is 2.62. The number of hydrogen-bond donors (Lipinski definition) is 1. The Morgan fingerprint density at radius 1 is 1.33 bits per heavy atom. The van der Waals surface area contributed by atoms with Gasteiger partial charge in [-0.15, -0.1) is 0 Å². The maximum absolute atomic E-state index is 13.6. The van der Waals surface area contributed by atoms with Crippen molar-refractivity contribution in [3.05, 3.63) is 35.4 Å². The van der Waals surface area contributed by atoms with Gasteiger partial charge in [-0.25, -0.2) is 8.78 Å². The van der Waals surface area contributed by atoms with Crippen LogP contribution in [0.2, 0.25) is 0 Å². The Kier molecular flexibility index (Phi) is 5.01. The van der Waals surface area contributed by atoms with E-state index in [0.717, 1.165) is 31.0 Å². The fraction of sp³-hybridized carbons (Fsp3) is 0.467. The quantitative estimate of drug-likeness (QED) is 0.861. The maximum atomic E-state index is 13.6. The normalized spacial score (nSPS) is 19.3. The molecule has 0 saturated carbocycles. The summed E-state index contributed by atoms with van der Waals surface area (Å²) < 4.78 is 26.8. The van der Waals surface area contributed by atoms with Crippen molar-refractivity contribution in [3.63, 3.8) is 0 Å². The van der Waals surface area contributed by atoms with E-state index in [-0.39, 0.29) is 24.1 Å². The van der Waals surface area contributed by atoms with Crippen LogP contribution in [0.1, 0.15) is 29.6 Å². The molecular formula is C15H18F2N2O2. The van der Waals surface area contributed by atoms with Crippen molar-refractivity contribution >= 4 is 11.7 Å². The first-order valence-corrected chi connectivity index (χ1v) is 6.97. The maximum Gasteiger partial charge on any atom is 0.237 e. The SMILES string of the molecule is CNC(=O)C1CCCCN1CC(=O)c1cc(F)ccc1F. The summed E-state index contributed by atoms with van der Waals surface area (Å²) in [5, 5.41) is 2.57. The Labute approximate surface area is 122 Å². The highest BCUT2D eigenvalue weighted by molar-refractivity contribution is 5.98. The van der Waals surface area contributed by atoms with Gasteiger partial charge in [0.25, 0.3) is 0 Å². The molecule has 0 radical (unpaired) electrons. The summed E-state index contributed by atoms with van der Waals surface area (Å²) in [4.78, 5) is 25.7. The molecule has 1 amide bonds. The van der Waals surface area contributed by atoms with Crippen molar-refractivity contribution in [2.75, 3.05) is 20.1 Å². The van der Waals surface area contributed by atoms with E-state index in [4.69, 9.17) is 0 Å². The van der Waals surface area contributed by atoms with Crippen LogP contribution in [-0.2, 0) is 4.79 Å². The van der Waals surface area contributed by atoms with E-state index in [1.807, 2.05) is 0 Å². The number of likely N-dealkylation sites (N-methyl/N-ethyl adjacent to an activating group) is 1. The minimum atomic E-state index is -0.741. The van der Waals surface area contributed by atoms with Gasteiger partial charge in [0.15, 0.2) is 5.78 Å². The molecular weight excluding hydrogens is 278 g/mol. The van der Waals surface area contributed by atoms with E-state index < -0.39 is 17.4 Å². The number of ketones is 1. The second-order valence-electron chi connectivity index (χ2n) is 5.14. The first-order valence-electron chi connectivity index (χ1n) is 6.97. The van der Waals surface area contributed by atoms with Crippen LogP contribution in [0.5, 0.6) is 0 Å². The number of rotatable bonds is 4. The van der Waals surface area contributed by atoms with Crippen LogP contribution in [-0.4, -0.2) is 42.8 Å². The molecule has 0 bridgehead atoms. The van der Waals surface area contributed by atoms with Crippen LogP contribution >= 0.6 is 0 Å². The minimum Gasteiger partial charge on any atom is -0.358 e. The summed E-state index contributed by atoms with van der Waals surface area (Å²) in [6.07, 6.45) is 2.46. The molecule has 21 heavy (non-hydrogen) atoms. The van der Waals surface area contributed by atoms with Gasteiger partial charge < -0.3 is 5.32 Å². The van der Waals surface area contributed by atoms with Gasteiger partial charge in [0.05, 0.1) is 18.2 Å². The number of carbonyl (C=O) groups excluding carboxylic acids is 2. The number of nitrogens with zero attached hydrogens (tertiary/aromatic N) is 1. The molecule has 1 aliphatic heterocycles. The number of carbonyl (C=O) groups is 2. The van der Waals surface area contributed by atoms with Crippen LogP contribution in [0.3, 0.4) is 0 Å². The lowest BCUT2D eigenvalue weighted by molar-refractivity contribution is -0.126. The van der Waals surface area contributed by atoms with Crippen molar-refractivity contribution in [1.29, 1.82) is 0 Å². The minimum absolute atomic E-state index is 0.0849. The first-order chi connectivity index (χ1) is 10.0. The summed E-state index contributed by atoms with van der Waals surface area (Å²) in [5.41, 5.74) is -0.267. The highest BCUT2D eigenvalue weighted by Gasteiger charge is 2.30. The van der Waals surface area contributed by atoms with Crippen LogP contribution in [0.15, 0.2) is 18.2 Å². The molecule has 1 aromatic rings. The van der Waals surface area contributed by atoms with Gasteiger partial charge in [-0.1, -0.05) is 6.42 Å². The highest BCUT2D eigenvalue weighted by Crippen LogP contribution is 2.19. The third-order valence-corrected chi connectivity index (χ3v) is 3.74. The average Bonchev–Trinajstić information content (AvgIpc) is 2.49. The van der Waals surface area contributed by atoms with Crippen molar-refractivity contribution in [3.8, 4) is 0 Å². The molecule has 1 saturated heterocycles. The molecule has 1 aromatic carbocycles. The number of halogens is 2. The lowest BCUT2D eigenvalue weighted by atomic mass is 10.00. The van der Waals surface area contributed by atoms with Crippen molar-refractivity contribution in [2.24, 2.45) is 0 Å². The lowest BCUT2D eigenvalue weighted by Crippen LogP contribution is -2.50. The Hall–Kier alpha value is -1.82. The van der Waals surface area contributed by atoms with Crippen molar-refractivity contribution in [2.45, 2.75) is 25.3 Å². The second kappa shape index (κ2) is 6.76. The summed E-state index contributed by atoms with van der Waals surface area (Å²) in [6, 6.07) is 2.43. The molecule has 0 aromatic heterocycles. The Morgan fingerprint density at radius 3 is 2.81 bits per heavy atom. The molecule has 1 aliphatic rings. The molecule has 1 heterocycles. The van der Waals surface area contributed by atoms with Crippen LogP contribution < -0.4 is 5.32 Å². The molecule has 2 rings (SSSR count). The van der Waals surface area contributed by atoms with Gasteiger partial charge in [0.1, 0.15) is 11.6 Å². The predicted molar refractivity (Wildman–Crippen MR) is 74.0 cm³/mol. The summed E-state index contributed by atoms with van der Waals surface area (Å²) >= 11 is 0. The van der Waals surface area contributed by atoms with Gasteiger partial charge in [0, 0.05) is 7.05 Å². The number of likely N-dealkylation sites (tertiary alicyclic amines) is 1. The topological polar surface area (TPSA) is 49.4 Å². The third-order valence-electron chi connectivity index (χ3n) is 3.74. The van der Waals surface area contributed by atoms with E-state index in [1.54, 1.807) is 11.9 Å². The van der Waals surface area contributed by atoms with Crippen LogP contribution in [0.25, 0.3) is 0 Å². The molecule has 0 spiro atoms. The number of piperidine rings is 1. The smallest absolute Gasteiger partial charge is 0.237 e. The summed E-state index contributed by atoms with van der Waals surface area (Å²) in [7, 11) is 1.54. The van der Waals surface area contributed by atoms with E-state index >= 15 is 0 Å². The second-order valence-corrected chi connectivity index (χ2v) is 5.14. The van der Waals surface area contributed by atoms with Crippen LogP contribution in [0, 0.1) is 11.6 Å². The number of Topliss-reactive ketones (excluding diaryl/α,β-unsaturated/α-hetero) is 1. The number of nitrogens with one attached hydrogen (secondary N) is 1. The van der Waals surface area contributed by atoms with E-state index in [0.29, 0.717) is 13.0 Å². The largest absolute Gasteiger partial charge is 0.358 e. The number of amides is 1. The van der Waals surface area contributed by atoms with Crippen LogP contribution in [0.4, 0.5) is 8.78 Å². The standard InChI is InChI=1S/C15H18F2N2O2/c1-18-15(21)13-4-2-3-7-19(13)9-14(20)11-8-10(16)5-6-12(11)17/h5-6,8,13H,2-4,7,9H2,1H3,(H,18,21). The third kappa shape index (κ3) is 3.64. The van der Waals surface area contributed by atoms with Gasteiger partial charge in [-0.3, -0.25) is 14.5 Å². The lowest BCUT2D eigenvalue weighted by Gasteiger charge is -2.33. The molecule has 1 fully saturated rings. The van der Waals surface area contributed by atoms with Crippen molar-refractivity contribution in [1.82, 2.24) is 10.2 Å². The zero-order chi connectivity index (χ0) is 15.4. The predicted octanol–water partition coefficient (Wildman–Crippen LogP) is 1.75. The van der Waals surface area contributed by atoms with Gasteiger partial charge in [-0.05, 0) is 37.6 Å². The van der Waals surface area contributed by atoms with E-state index in [2.05, 4.69) is 5.32 Å². The number of hydrogen-bond acceptors (Lipinski definition) is 3. The number of benzene rings is 1. The molecule has 1 N–H and O–H groups in total. The molecule has 1 unspecified atom stereocenters. The molecule has 114 valence electrons. The first kappa shape index (κ1) is 15.6. The molecule has 1 atom stereocenters. The average molecular weight is 296 g/mol. The van der Waals surface area contributed by atoms with Gasteiger partial charge in [-0.2, -0.15) is 0 Å². The molecule has 4 nitrogen and oxygen atoms in total. The molecule has 6 heteroatoms. The zero-order valence-corrected chi connectivity index (χ0v) is 11.9. The van der Waals surface area contributed by atoms with E-state index in [1.165, 1.54) is 0 Å². The summed E-state index contributed by atoms with van der Waals surface area (Å²) in [6.45, 7) is 0.513. The Morgan fingerprint density at radius 2 is 2.10 bits per heavy atom. The molecule has 0 aliphatic carbocycles. The van der Waals surface area contributed by atoms with Gasteiger partial charge in [0.2, 0.25) is 5.91 Å². The monoisotopic (exact) mass is 296 g/mol. The highest BCUT2D eigenvalue weighted by atomic mass is 19.1. The zero-order valence-electron chi connectivity index (χ0n) is 11.9. The Bertz CT molecular complexity index is 548. The summed E-state index contributed by atoms with van der Waals surface area (Å²) in [5.74, 6) is -2.05. The van der Waals surface area contributed by atoms with Gasteiger partial charge >= 0.3 is 0 Å². The van der Waals surface area contributed by atoms with Crippen molar-refractivity contribution < 1.29 is 18.4 Å².